The summed E-state index contributed by atoms with van der Waals surface area (Å²) >= 11 is 0. The van der Waals surface area contributed by atoms with Crippen molar-refractivity contribution in [3.05, 3.63) is 87.5 Å². The van der Waals surface area contributed by atoms with Gasteiger partial charge in [0.2, 0.25) is 5.95 Å². The van der Waals surface area contributed by atoms with Crippen LogP contribution in [0.2, 0.25) is 0 Å². The number of carbonyl (C=O) groups is 3. The van der Waals surface area contributed by atoms with Crippen molar-refractivity contribution in [3.8, 4) is 0 Å². The van der Waals surface area contributed by atoms with Gasteiger partial charge in [-0.1, -0.05) is 18.2 Å². The van der Waals surface area contributed by atoms with E-state index in [0.29, 0.717) is 29.5 Å². The fourth-order valence-electron chi connectivity index (χ4n) is 4.03. The number of esters is 1. The van der Waals surface area contributed by atoms with Gasteiger partial charge in [-0.05, 0) is 60.2 Å². The number of hydrogen-bond donors (Lipinski definition) is 3. The van der Waals surface area contributed by atoms with E-state index in [2.05, 4.69) is 20.6 Å². The molecule has 2 amide bonds. The van der Waals surface area contributed by atoms with Crippen molar-refractivity contribution >= 4 is 23.7 Å². The summed E-state index contributed by atoms with van der Waals surface area (Å²) in [5.41, 5.74) is 9.15. The molecule has 0 fully saturated rings. The molecule has 0 aliphatic heterocycles. The molecule has 2 aromatic carbocycles. The molecule has 1 atom stereocenters. The number of amides is 2. The minimum atomic E-state index is -0.545. The summed E-state index contributed by atoms with van der Waals surface area (Å²) in [6.45, 7) is 1.79. The molecule has 0 saturated carbocycles. The summed E-state index contributed by atoms with van der Waals surface area (Å²) < 4.78 is 18.2. The maximum absolute atomic E-state index is 13.4. The third-order valence-electron chi connectivity index (χ3n) is 5.83. The molecule has 4 rings (SSSR count). The lowest BCUT2D eigenvalue weighted by atomic mass is 10.0. The first-order valence-corrected chi connectivity index (χ1v) is 10.9. The number of ether oxygens (including phenoxy) is 1. The Morgan fingerprint density at radius 3 is 2.54 bits per heavy atom. The second kappa shape index (κ2) is 9.88. The molecule has 1 aliphatic carbocycles. The van der Waals surface area contributed by atoms with Gasteiger partial charge in [0.1, 0.15) is 17.2 Å². The second-order valence-electron chi connectivity index (χ2n) is 8.23. The maximum Gasteiger partial charge on any atom is 0.337 e. The molecular weight excluding hydrogens is 453 g/mol. The van der Waals surface area contributed by atoms with E-state index in [0.717, 1.165) is 11.1 Å². The number of rotatable bonds is 6. The number of nitrogens with two attached hydrogens (primary N) is 1. The average Bonchev–Trinajstić information content (AvgIpc) is 3.25. The minimum Gasteiger partial charge on any atom is -0.465 e. The van der Waals surface area contributed by atoms with Gasteiger partial charge in [0.15, 0.2) is 0 Å². The van der Waals surface area contributed by atoms with Crippen molar-refractivity contribution in [3.63, 3.8) is 0 Å². The number of aromatic nitrogens is 2. The van der Waals surface area contributed by atoms with Crippen molar-refractivity contribution < 1.29 is 23.5 Å². The van der Waals surface area contributed by atoms with Gasteiger partial charge in [-0.15, -0.1) is 0 Å². The molecule has 1 aromatic heterocycles. The molecule has 10 heteroatoms. The summed E-state index contributed by atoms with van der Waals surface area (Å²) in [7, 11) is 1.32. The van der Waals surface area contributed by atoms with Crippen LogP contribution in [-0.2, 0) is 17.7 Å². The number of nitrogens with one attached hydrogen (secondary N) is 2. The first kappa shape index (κ1) is 23.8. The molecule has 180 valence electrons. The lowest BCUT2D eigenvalue weighted by Crippen LogP contribution is -2.30. The zero-order valence-electron chi connectivity index (χ0n) is 19.2. The predicted octanol–water partition coefficient (Wildman–Crippen LogP) is 2.64. The third-order valence-corrected chi connectivity index (χ3v) is 5.83. The summed E-state index contributed by atoms with van der Waals surface area (Å²) in [5.74, 6) is -2.01. The molecular formula is C25H24FN5O4. The van der Waals surface area contributed by atoms with Crippen LogP contribution in [0.25, 0.3) is 0 Å². The topological polar surface area (TPSA) is 136 Å². The zero-order chi connectivity index (χ0) is 25.1. The maximum atomic E-state index is 13.4. The molecule has 3 aromatic rings. The molecule has 4 N–H and O–H groups in total. The predicted molar refractivity (Wildman–Crippen MR) is 125 cm³/mol. The minimum absolute atomic E-state index is 0.0418. The summed E-state index contributed by atoms with van der Waals surface area (Å²) in [6, 6.07) is 10.7. The summed E-state index contributed by atoms with van der Waals surface area (Å²) in [6.07, 6.45) is 1.34. The molecule has 0 radical (unpaired) electrons. The van der Waals surface area contributed by atoms with Crippen LogP contribution >= 0.6 is 0 Å². The Hall–Kier alpha value is -4.34. The van der Waals surface area contributed by atoms with Crippen molar-refractivity contribution in [2.45, 2.75) is 32.4 Å². The van der Waals surface area contributed by atoms with Crippen LogP contribution in [0.1, 0.15) is 66.1 Å². The Morgan fingerprint density at radius 1 is 1.09 bits per heavy atom. The van der Waals surface area contributed by atoms with Gasteiger partial charge < -0.3 is 21.1 Å². The van der Waals surface area contributed by atoms with E-state index < -0.39 is 17.8 Å². The van der Waals surface area contributed by atoms with Crippen LogP contribution in [0.5, 0.6) is 0 Å². The monoisotopic (exact) mass is 477 g/mol. The highest BCUT2D eigenvalue weighted by molar-refractivity contribution is 5.98. The van der Waals surface area contributed by atoms with Crippen LogP contribution in [0.4, 0.5) is 10.3 Å². The highest BCUT2D eigenvalue weighted by atomic mass is 19.1. The Bertz CT molecular complexity index is 1330. The molecule has 35 heavy (non-hydrogen) atoms. The number of carbonyl (C=O) groups excluding carboxylic acids is 3. The Balaban J connectivity index is 1.45. The van der Waals surface area contributed by atoms with Crippen LogP contribution in [0, 0.1) is 12.7 Å². The normalized spacial score (nSPS) is 14.2. The number of nitrogen functional groups attached to an aromatic ring is 1. The van der Waals surface area contributed by atoms with Crippen molar-refractivity contribution in [1.29, 1.82) is 0 Å². The number of benzene rings is 2. The van der Waals surface area contributed by atoms with Crippen LogP contribution in [0.15, 0.2) is 42.5 Å². The molecule has 1 heterocycles. The van der Waals surface area contributed by atoms with Crippen molar-refractivity contribution in [2.24, 2.45) is 0 Å². The Labute approximate surface area is 200 Å². The largest absolute Gasteiger partial charge is 0.465 e. The van der Waals surface area contributed by atoms with Gasteiger partial charge in [-0.3, -0.25) is 9.59 Å². The molecule has 9 nitrogen and oxygen atoms in total. The van der Waals surface area contributed by atoms with E-state index >= 15 is 0 Å². The molecule has 0 saturated heterocycles. The van der Waals surface area contributed by atoms with Gasteiger partial charge >= 0.3 is 5.97 Å². The zero-order valence-corrected chi connectivity index (χ0v) is 19.2. The summed E-state index contributed by atoms with van der Waals surface area (Å²) in [5, 5.41) is 5.59. The van der Waals surface area contributed by atoms with E-state index in [1.807, 2.05) is 0 Å². The Kier molecular flexibility index (Phi) is 6.72. The van der Waals surface area contributed by atoms with Crippen LogP contribution < -0.4 is 16.4 Å². The first-order valence-electron chi connectivity index (χ1n) is 10.9. The lowest BCUT2D eigenvalue weighted by Gasteiger charge is -2.15. The Morgan fingerprint density at radius 2 is 1.83 bits per heavy atom. The number of fused-ring (bicyclic) bond motifs is 1. The fourth-order valence-corrected chi connectivity index (χ4v) is 4.03. The van der Waals surface area contributed by atoms with Gasteiger partial charge in [-0.2, -0.15) is 0 Å². The quantitative estimate of drug-likeness (QED) is 0.464. The number of halogens is 1. The van der Waals surface area contributed by atoms with Crippen LogP contribution in [0.3, 0.4) is 0 Å². The number of hydrogen-bond acceptors (Lipinski definition) is 7. The van der Waals surface area contributed by atoms with Gasteiger partial charge in [-0.25, -0.2) is 19.2 Å². The standard InChI is InChI=1S/C25H24FN5O4/c1-13-9-14(3-7-18(13)26)12-28-22(32)20-11-21(31-25(27)30-20)23(33)29-19-8-5-15-10-16(24(34)35-2)4-6-17(15)19/h3-4,6-7,9-11,19H,5,8,12H2,1-2H3,(H,28,32)(H,29,33)(H2,27,30,31)/t19-/m0/s1. The number of nitrogens with zero attached hydrogens (tertiary/aromatic N) is 2. The van der Waals surface area contributed by atoms with E-state index in [1.54, 1.807) is 37.3 Å². The number of methoxy groups -OCH3 is 1. The molecule has 1 aliphatic rings. The molecule has 0 unspecified atom stereocenters. The fraction of sp³-hybridized carbons (Fsp3) is 0.240. The second-order valence-corrected chi connectivity index (χ2v) is 8.23. The van der Waals surface area contributed by atoms with Gasteiger partial charge in [0.25, 0.3) is 11.8 Å². The van der Waals surface area contributed by atoms with E-state index in [9.17, 15) is 18.8 Å². The smallest absolute Gasteiger partial charge is 0.337 e. The van der Waals surface area contributed by atoms with E-state index in [4.69, 9.17) is 10.5 Å². The molecule has 0 bridgehead atoms. The van der Waals surface area contributed by atoms with Gasteiger partial charge in [0.05, 0.1) is 18.7 Å². The van der Waals surface area contributed by atoms with E-state index in [-0.39, 0.29) is 35.7 Å². The van der Waals surface area contributed by atoms with E-state index in [1.165, 1.54) is 19.2 Å². The van der Waals surface area contributed by atoms with Crippen LogP contribution in [-0.4, -0.2) is 34.9 Å². The first-order chi connectivity index (χ1) is 16.7. The number of aryl methyl sites for hydroxylation is 2. The average molecular weight is 477 g/mol. The lowest BCUT2D eigenvalue weighted by molar-refractivity contribution is 0.0600. The molecule has 0 spiro atoms. The SMILES string of the molecule is COC(=O)c1ccc2c(c1)CC[C@@H]2NC(=O)c1cc(C(=O)NCc2ccc(F)c(C)c2)nc(N)n1. The van der Waals surface area contributed by atoms with Crippen molar-refractivity contribution in [2.75, 3.05) is 12.8 Å². The summed E-state index contributed by atoms with van der Waals surface area (Å²) in [4.78, 5) is 45.2. The van der Waals surface area contributed by atoms with Gasteiger partial charge in [0, 0.05) is 12.6 Å². The highest BCUT2D eigenvalue weighted by Crippen LogP contribution is 2.32. The van der Waals surface area contributed by atoms with Crippen molar-refractivity contribution in [1.82, 2.24) is 20.6 Å². The third kappa shape index (κ3) is 5.26. The number of anilines is 1. The highest BCUT2D eigenvalue weighted by Gasteiger charge is 2.26.